The van der Waals surface area contributed by atoms with E-state index in [2.05, 4.69) is 4.52 Å². The van der Waals surface area contributed by atoms with Gasteiger partial charge in [-0.05, 0) is 5.56 Å². The lowest BCUT2D eigenvalue weighted by Gasteiger charge is -2.14. The quantitative estimate of drug-likeness (QED) is 0.863. The van der Waals surface area contributed by atoms with Crippen LogP contribution in [0.3, 0.4) is 0 Å². The third-order valence-corrected chi connectivity index (χ3v) is 6.24. The fraction of sp³-hybridized carbons (Fsp3) is 0.250. The van der Waals surface area contributed by atoms with Gasteiger partial charge in [0.05, 0.1) is 6.61 Å². The molecule has 0 saturated heterocycles. The molecular formula is C8H8F3O5PS. The predicted molar refractivity (Wildman–Crippen MR) is 56.0 cm³/mol. The number of alkyl halides is 3. The normalized spacial score (nSPS) is 16.2. The summed E-state index contributed by atoms with van der Waals surface area (Å²) in [6.45, 7) is -6.55. The summed E-state index contributed by atoms with van der Waals surface area (Å²) in [6.07, 6.45) is 0. The first kappa shape index (κ1) is 15.2. The first-order valence-corrected chi connectivity index (χ1v) is 8.07. The Kier molecular flexibility index (Phi) is 4.22. The summed E-state index contributed by atoms with van der Waals surface area (Å²) < 4.78 is 72.7. The van der Waals surface area contributed by atoms with E-state index in [9.17, 15) is 26.2 Å². The molecule has 5 nitrogen and oxygen atoms in total. The molecule has 0 aromatic heterocycles. The van der Waals surface area contributed by atoms with Crippen molar-refractivity contribution in [3.63, 3.8) is 0 Å². The molecule has 0 radical (unpaired) electrons. The van der Waals surface area contributed by atoms with E-state index in [1.165, 1.54) is 24.3 Å². The van der Waals surface area contributed by atoms with E-state index < -0.39 is 28.4 Å². The molecule has 1 atom stereocenters. The van der Waals surface area contributed by atoms with Crippen LogP contribution in [0, 0.1) is 0 Å². The summed E-state index contributed by atoms with van der Waals surface area (Å²) in [5.41, 5.74) is -5.57. The molecule has 10 heteroatoms. The van der Waals surface area contributed by atoms with Gasteiger partial charge in [0.15, 0.2) is 0 Å². The number of hydrogen-bond acceptors (Lipinski definition) is 4. The maximum Gasteiger partial charge on any atom is 0.508 e. The minimum atomic E-state index is -6.26. The zero-order valence-corrected chi connectivity index (χ0v) is 10.4. The zero-order valence-electron chi connectivity index (χ0n) is 8.66. The Balaban J connectivity index is 2.88. The lowest BCUT2D eigenvalue weighted by molar-refractivity contribution is -0.0420. The van der Waals surface area contributed by atoms with E-state index >= 15 is 0 Å². The van der Waals surface area contributed by atoms with Crippen LogP contribution in [-0.4, -0.2) is 18.8 Å². The highest BCUT2D eigenvalue weighted by Crippen LogP contribution is 2.56. The van der Waals surface area contributed by atoms with Crippen molar-refractivity contribution in [2.24, 2.45) is 0 Å². The Morgan fingerprint density at radius 2 is 1.72 bits per heavy atom. The second-order valence-electron chi connectivity index (χ2n) is 3.15. The molecule has 1 rings (SSSR count). The van der Waals surface area contributed by atoms with Gasteiger partial charge in [-0.3, -0.25) is 4.52 Å². The topological polar surface area (TPSA) is 80.7 Å². The van der Waals surface area contributed by atoms with Crippen LogP contribution in [0.25, 0.3) is 0 Å². The van der Waals surface area contributed by atoms with Crippen molar-refractivity contribution < 1.29 is 35.6 Å². The molecule has 102 valence electrons. The van der Waals surface area contributed by atoms with Crippen LogP contribution in [-0.2, 0) is 25.2 Å². The molecule has 0 fully saturated rings. The average molecular weight is 304 g/mol. The van der Waals surface area contributed by atoms with Crippen LogP contribution in [0.2, 0.25) is 0 Å². The highest BCUT2D eigenvalue weighted by molar-refractivity contribution is 8.49. The molecule has 0 spiro atoms. The molecule has 0 saturated carbocycles. The van der Waals surface area contributed by atoms with E-state index in [4.69, 9.17) is 4.89 Å². The van der Waals surface area contributed by atoms with Crippen LogP contribution in [0.5, 0.6) is 0 Å². The van der Waals surface area contributed by atoms with E-state index in [1.807, 2.05) is 0 Å². The first-order chi connectivity index (χ1) is 8.08. The lowest BCUT2D eigenvalue weighted by Crippen LogP contribution is -2.23. The third-order valence-electron chi connectivity index (χ3n) is 1.83. The van der Waals surface area contributed by atoms with Gasteiger partial charge in [-0.15, -0.1) is 0 Å². The van der Waals surface area contributed by atoms with Crippen molar-refractivity contribution in [3.05, 3.63) is 35.9 Å². The molecule has 0 bridgehead atoms. The number of hydrogen-bond donors (Lipinski definition) is 1. The van der Waals surface area contributed by atoms with Crippen molar-refractivity contribution >= 4 is 16.3 Å². The molecule has 18 heavy (non-hydrogen) atoms. The lowest BCUT2D eigenvalue weighted by atomic mass is 10.2. The molecule has 0 aliphatic carbocycles. The fourth-order valence-corrected chi connectivity index (χ4v) is 3.00. The number of rotatable bonds is 4. The molecule has 0 amide bonds. The van der Waals surface area contributed by atoms with Crippen LogP contribution < -0.4 is 0 Å². The predicted octanol–water partition coefficient (Wildman–Crippen LogP) is 2.24. The van der Waals surface area contributed by atoms with Gasteiger partial charge in [-0.2, -0.15) is 13.2 Å². The summed E-state index contributed by atoms with van der Waals surface area (Å²) in [7, 11) is -6.26. The molecule has 1 aromatic carbocycles. The van der Waals surface area contributed by atoms with Gasteiger partial charge in [0, 0.05) is 0 Å². The Labute approximate surface area is 100 Å². The largest absolute Gasteiger partial charge is 0.508 e. The third kappa shape index (κ3) is 3.11. The minimum Gasteiger partial charge on any atom is -0.313 e. The Morgan fingerprint density at radius 1 is 1.22 bits per heavy atom. The van der Waals surface area contributed by atoms with Gasteiger partial charge < -0.3 is 4.89 Å². The summed E-state index contributed by atoms with van der Waals surface area (Å²) in [5, 5.41) is 0. The van der Waals surface area contributed by atoms with Gasteiger partial charge in [-0.1, -0.05) is 30.3 Å². The Morgan fingerprint density at radius 3 is 2.17 bits per heavy atom. The highest BCUT2D eigenvalue weighted by Gasteiger charge is 2.59. The van der Waals surface area contributed by atoms with Gasteiger partial charge >= 0.3 is 21.8 Å². The molecule has 1 aromatic rings. The molecule has 1 N–H and O–H groups in total. The molecule has 1 unspecified atom stereocenters. The minimum absolute atomic E-state index is 0.268. The highest BCUT2D eigenvalue weighted by atomic mass is 32.8. The zero-order chi connectivity index (χ0) is 14.0. The van der Waals surface area contributed by atoms with E-state index in [0.717, 1.165) is 0 Å². The molecule has 0 aliphatic rings. The summed E-state index contributed by atoms with van der Waals surface area (Å²) in [5.74, 6) is 0. The summed E-state index contributed by atoms with van der Waals surface area (Å²) in [4.78, 5) is 8.86. The van der Waals surface area contributed by atoms with Crippen molar-refractivity contribution in [1.82, 2.24) is 0 Å². The molecule has 0 heterocycles. The van der Waals surface area contributed by atoms with Crippen molar-refractivity contribution in [3.8, 4) is 0 Å². The number of benzene rings is 1. The van der Waals surface area contributed by atoms with Crippen molar-refractivity contribution in [2.75, 3.05) is 0 Å². The van der Waals surface area contributed by atoms with Crippen LogP contribution in [0.4, 0.5) is 13.2 Å². The van der Waals surface area contributed by atoms with Gasteiger partial charge in [0.2, 0.25) is 0 Å². The van der Waals surface area contributed by atoms with Crippen LogP contribution in [0.15, 0.2) is 30.3 Å². The fourth-order valence-electron chi connectivity index (χ4n) is 0.931. The monoisotopic (exact) mass is 304 g/mol. The Bertz CT molecular complexity index is 554. The van der Waals surface area contributed by atoms with Crippen LogP contribution >= 0.6 is 6.80 Å². The van der Waals surface area contributed by atoms with E-state index in [0.29, 0.717) is 0 Å². The maximum absolute atomic E-state index is 12.1. The second kappa shape index (κ2) is 5.00. The first-order valence-electron chi connectivity index (χ1n) is 4.41. The van der Waals surface area contributed by atoms with E-state index in [1.54, 1.807) is 6.07 Å². The van der Waals surface area contributed by atoms with Crippen LogP contribution in [0.1, 0.15) is 5.56 Å². The second-order valence-corrected chi connectivity index (χ2v) is 8.58. The number of halogens is 3. The summed E-state index contributed by atoms with van der Waals surface area (Å²) >= 11 is 0. The van der Waals surface area contributed by atoms with E-state index in [-0.39, 0.29) is 5.56 Å². The van der Waals surface area contributed by atoms with Crippen molar-refractivity contribution in [1.29, 1.82) is 0 Å². The Hall–Kier alpha value is -0.890. The smallest absolute Gasteiger partial charge is 0.313 e. The maximum atomic E-state index is 12.1. The average Bonchev–Trinajstić information content (AvgIpc) is 2.26. The molecular weight excluding hydrogens is 296 g/mol. The van der Waals surface area contributed by atoms with Crippen molar-refractivity contribution in [2.45, 2.75) is 12.1 Å². The SMILES string of the molecule is O=P(O)(OCc1ccccc1)S(=O)(=O)C(F)(F)F. The summed E-state index contributed by atoms with van der Waals surface area (Å²) in [6, 6.07) is 7.44. The van der Waals surface area contributed by atoms with Gasteiger partial charge in [-0.25, -0.2) is 13.0 Å². The standard InChI is InChI=1S/C8H8F3O5PS/c9-8(10,11)18(14,15)17(12,13)16-6-7-4-2-1-3-5-7/h1-5H,6H2,(H,12,13). The van der Waals surface area contributed by atoms with Gasteiger partial charge in [0.25, 0.3) is 0 Å². The van der Waals surface area contributed by atoms with Gasteiger partial charge in [0.1, 0.15) is 0 Å². The molecule has 0 aliphatic heterocycles.